The molecule has 0 bridgehead atoms. The van der Waals surface area contributed by atoms with E-state index in [2.05, 4.69) is 0 Å². The number of carbonyl (C=O) groups is 1. The fourth-order valence-corrected chi connectivity index (χ4v) is 1.13. The van der Waals surface area contributed by atoms with E-state index >= 15 is 0 Å². The topological polar surface area (TPSA) is 40.5 Å². The Morgan fingerprint density at radius 2 is 1.92 bits per heavy atom. The molecule has 0 radical (unpaired) electrons. The molecule has 0 aliphatic carbocycles. The zero-order valence-corrected chi connectivity index (χ0v) is 6.89. The fraction of sp³-hybridized carbons (Fsp3) is 0.625. The lowest BCUT2D eigenvalue weighted by Gasteiger charge is -2.09. The molecule has 13 heavy (non-hydrogen) atoms. The Morgan fingerprint density at radius 3 is 2.38 bits per heavy atom. The summed E-state index contributed by atoms with van der Waals surface area (Å²) in [4.78, 5) is 12.4. The Hall–Kier alpha value is -1.15. The van der Waals surface area contributed by atoms with Gasteiger partial charge in [0.15, 0.2) is 0 Å². The molecule has 0 spiro atoms. The van der Waals surface area contributed by atoms with Crippen molar-refractivity contribution in [2.24, 2.45) is 0 Å². The second kappa shape index (κ2) is 3.71. The Bertz CT molecular complexity index is 256. The van der Waals surface area contributed by atoms with E-state index in [4.69, 9.17) is 5.11 Å². The molecular formula is C8H9F2NO2. The maximum absolute atomic E-state index is 11.8. The highest BCUT2D eigenvalue weighted by atomic mass is 19.3. The smallest absolute Gasteiger partial charge is 0.332 e. The van der Waals surface area contributed by atoms with Crippen molar-refractivity contribution in [2.75, 3.05) is 13.1 Å². The average Bonchev–Trinajstić information content (AvgIpc) is 2.50. The highest BCUT2D eigenvalue weighted by Crippen LogP contribution is 2.08. The van der Waals surface area contributed by atoms with Crippen molar-refractivity contribution >= 4 is 5.91 Å². The van der Waals surface area contributed by atoms with Crippen LogP contribution < -0.4 is 0 Å². The highest BCUT2D eigenvalue weighted by Gasteiger charge is 2.21. The third-order valence-corrected chi connectivity index (χ3v) is 1.71. The van der Waals surface area contributed by atoms with Crippen molar-refractivity contribution in [1.29, 1.82) is 0 Å². The minimum atomic E-state index is -4.07. The number of alkyl halides is 2. The molecule has 1 amide bonds. The van der Waals surface area contributed by atoms with Crippen molar-refractivity contribution < 1.29 is 18.7 Å². The van der Waals surface area contributed by atoms with Crippen LogP contribution in [-0.2, 0) is 4.79 Å². The van der Waals surface area contributed by atoms with Gasteiger partial charge in [-0.15, -0.1) is 0 Å². The summed E-state index contributed by atoms with van der Waals surface area (Å²) in [5, 5.41) is 7.93. The first kappa shape index (κ1) is 9.93. The first-order chi connectivity index (χ1) is 5.99. The molecule has 1 fully saturated rings. The van der Waals surface area contributed by atoms with E-state index in [1.54, 1.807) is 5.92 Å². The number of hydrogen-bond donors (Lipinski definition) is 1. The number of aliphatic hydroxyl groups is 1. The van der Waals surface area contributed by atoms with E-state index in [0.29, 0.717) is 13.1 Å². The lowest BCUT2D eigenvalue weighted by atomic mass is 10.4. The van der Waals surface area contributed by atoms with E-state index in [9.17, 15) is 13.6 Å². The molecule has 0 atom stereocenters. The van der Waals surface area contributed by atoms with Gasteiger partial charge in [-0.25, -0.2) is 0 Å². The number of halogens is 2. The molecule has 1 heterocycles. The summed E-state index contributed by atoms with van der Waals surface area (Å²) in [6.07, 6.45) is -2.32. The van der Waals surface area contributed by atoms with Crippen LogP contribution in [0.1, 0.15) is 12.8 Å². The summed E-state index contributed by atoms with van der Waals surface area (Å²) < 4.78 is 23.6. The molecule has 1 aliphatic rings. The van der Waals surface area contributed by atoms with Crippen molar-refractivity contribution in [1.82, 2.24) is 4.90 Å². The Balaban J connectivity index is 2.52. The summed E-state index contributed by atoms with van der Waals surface area (Å²) in [5.41, 5.74) is 0. The molecule has 3 nitrogen and oxygen atoms in total. The van der Waals surface area contributed by atoms with Gasteiger partial charge in [0.25, 0.3) is 5.91 Å². The third-order valence-electron chi connectivity index (χ3n) is 1.71. The maximum Gasteiger partial charge on any atom is 0.421 e. The van der Waals surface area contributed by atoms with Gasteiger partial charge in [-0.2, -0.15) is 8.78 Å². The molecule has 0 saturated carbocycles. The predicted molar refractivity (Wildman–Crippen MR) is 40.8 cm³/mol. The van der Waals surface area contributed by atoms with Crippen LogP contribution in [0.5, 0.6) is 0 Å². The number of carbonyl (C=O) groups excluding carboxylic acids is 1. The number of likely N-dealkylation sites (tertiary alicyclic amines) is 1. The van der Waals surface area contributed by atoms with Crippen LogP contribution in [0, 0.1) is 11.8 Å². The van der Waals surface area contributed by atoms with Crippen LogP contribution in [0.15, 0.2) is 0 Å². The number of rotatable bonds is 0. The van der Waals surface area contributed by atoms with Gasteiger partial charge in [0.2, 0.25) is 0 Å². The Labute approximate surface area is 74.3 Å². The van der Waals surface area contributed by atoms with Gasteiger partial charge >= 0.3 is 6.11 Å². The molecule has 0 unspecified atom stereocenters. The quantitative estimate of drug-likeness (QED) is 0.553. The summed E-state index contributed by atoms with van der Waals surface area (Å²) >= 11 is 0. The molecule has 1 rings (SSSR count). The largest absolute Gasteiger partial charge is 0.421 e. The molecule has 1 saturated heterocycles. The van der Waals surface area contributed by atoms with Crippen LogP contribution in [0.25, 0.3) is 0 Å². The lowest BCUT2D eigenvalue weighted by Crippen LogP contribution is -2.26. The van der Waals surface area contributed by atoms with E-state index in [-0.39, 0.29) is 0 Å². The first-order valence-corrected chi connectivity index (χ1v) is 3.91. The summed E-state index contributed by atoms with van der Waals surface area (Å²) in [7, 11) is 0. The standard InChI is InChI=1S/C8H9F2NO2/c9-8(10,13)4-3-7(12)11-5-1-2-6-11/h13H,1-2,5-6H2. The van der Waals surface area contributed by atoms with Gasteiger partial charge in [0.1, 0.15) is 0 Å². The van der Waals surface area contributed by atoms with Crippen molar-refractivity contribution in [2.45, 2.75) is 19.0 Å². The van der Waals surface area contributed by atoms with Crippen molar-refractivity contribution in [3.63, 3.8) is 0 Å². The van der Waals surface area contributed by atoms with Crippen LogP contribution in [0.4, 0.5) is 8.78 Å². The molecule has 1 N–H and O–H groups in total. The zero-order chi connectivity index (χ0) is 9.90. The van der Waals surface area contributed by atoms with Crippen LogP contribution in [0.3, 0.4) is 0 Å². The summed E-state index contributed by atoms with van der Waals surface area (Å²) in [6, 6.07) is 0. The zero-order valence-electron chi connectivity index (χ0n) is 6.89. The molecule has 72 valence electrons. The number of hydrogen-bond acceptors (Lipinski definition) is 2. The average molecular weight is 189 g/mol. The molecule has 5 heteroatoms. The lowest BCUT2D eigenvalue weighted by molar-refractivity contribution is -0.146. The first-order valence-electron chi connectivity index (χ1n) is 3.91. The number of amides is 1. The van der Waals surface area contributed by atoms with Crippen LogP contribution in [-0.4, -0.2) is 35.1 Å². The molecule has 1 aliphatic heterocycles. The van der Waals surface area contributed by atoms with Gasteiger partial charge in [-0.1, -0.05) is 0 Å². The van der Waals surface area contributed by atoms with E-state index in [0.717, 1.165) is 12.8 Å². The predicted octanol–water partition coefficient (Wildman–Crippen LogP) is 0.197. The molecule has 0 aromatic heterocycles. The second-order valence-electron chi connectivity index (χ2n) is 2.79. The van der Waals surface area contributed by atoms with E-state index < -0.39 is 12.0 Å². The van der Waals surface area contributed by atoms with Gasteiger partial charge < -0.3 is 10.0 Å². The monoisotopic (exact) mass is 189 g/mol. The van der Waals surface area contributed by atoms with Gasteiger partial charge in [0, 0.05) is 24.9 Å². The SMILES string of the molecule is O=C(C#CC(O)(F)F)N1CCCC1. The Kier molecular flexibility index (Phi) is 2.83. The van der Waals surface area contributed by atoms with Gasteiger partial charge in [-0.3, -0.25) is 4.79 Å². The van der Waals surface area contributed by atoms with Crippen LogP contribution in [0.2, 0.25) is 0 Å². The minimum Gasteiger partial charge on any atom is -0.332 e. The van der Waals surface area contributed by atoms with Crippen molar-refractivity contribution in [3.8, 4) is 11.8 Å². The van der Waals surface area contributed by atoms with Gasteiger partial charge in [-0.05, 0) is 12.8 Å². The Morgan fingerprint density at radius 1 is 1.38 bits per heavy atom. The third kappa shape index (κ3) is 3.38. The minimum absolute atomic E-state index is 0.560. The van der Waals surface area contributed by atoms with E-state index in [1.807, 2.05) is 0 Å². The van der Waals surface area contributed by atoms with E-state index in [1.165, 1.54) is 10.8 Å². The normalized spacial score (nSPS) is 16.7. The molecule has 0 aromatic rings. The maximum atomic E-state index is 11.8. The van der Waals surface area contributed by atoms with Gasteiger partial charge in [0.05, 0.1) is 0 Å². The highest BCUT2D eigenvalue weighted by molar-refractivity contribution is 5.93. The molecule has 0 aromatic carbocycles. The van der Waals surface area contributed by atoms with Crippen LogP contribution >= 0.6 is 0 Å². The molecular weight excluding hydrogens is 180 g/mol. The fourth-order valence-electron chi connectivity index (χ4n) is 1.13. The summed E-state index contributed by atoms with van der Waals surface area (Å²) in [5.74, 6) is 2.23. The van der Waals surface area contributed by atoms with Crippen molar-refractivity contribution in [3.05, 3.63) is 0 Å². The number of nitrogens with zero attached hydrogens (tertiary/aromatic N) is 1. The second-order valence-corrected chi connectivity index (χ2v) is 2.79. The summed E-state index contributed by atoms with van der Waals surface area (Å²) in [6.45, 7) is 1.12.